The summed E-state index contributed by atoms with van der Waals surface area (Å²) in [5, 5.41) is 0.585. The summed E-state index contributed by atoms with van der Waals surface area (Å²) < 4.78 is 0. The van der Waals surface area contributed by atoms with Crippen molar-refractivity contribution < 1.29 is 9.59 Å². The molecule has 0 fully saturated rings. The molecule has 2 aromatic heterocycles. The van der Waals surface area contributed by atoms with Crippen LogP contribution in [0.25, 0.3) is 0 Å². The number of primary amides is 1. The Balaban J connectivity index is 1.86. The molecule has 2 atom stereocenters. The predicted molar refractivity (Wildman–Crippen MR) is 109 cm³/mol. The smallest absolute Gasteiger partial charge is 0.256 e. The standard InChI is InChI=1S/C22H19ClN4O2/c23-17-7-5-14-6-8-19(18(14)11-17)27(22(29)16-4-2-10-26-13-16)20(21(24)28)15-3-1-9-25-12-15/h1-5,7,9-13,19-20H,6,8H2,(H2,24,28)/t19-,20-/m1/s1. The van der Waals surface area contributed by atoms with Gasteiger partial charge in [-0.2, -0.15) is 0 Å². The van der Waals surface area contributed by atoms with Crippen molar-refractivity contribution in [2.45, 2.75) is 24.9 Å². The third-order valence-electron chi connectivity index (χ3n) is 5.18. The Hall–Kier alpha value is -3.25. The molecule has 3 aromatic rings. The van der Waals surface area contributed by atoms with Gasteiger partial charge < -0.3 is 10.6 Å². The summed E-state index contributed by atoms with van der Waals surface area (Å²) in [6.07, 6.45) is 7.72. The number of hydrogen-bond acceptors (Lipinski definition) is 4. The molecule has 0 saturated carbocycles. The van der Waals surface area contributed by atoms with Crippen molar-refractivity contribution in [1.82, 2.24) is 14.9 Å². The number of nitrogens with two attached hydrogens (primary N) is 1. The number of rotatable bonds is 5. The van der Waals surface area contributed by atoms with Crippen molar-refractivity contribution in [2.24, 2.45) is 5.73 Å². The largest absolute Gasteiger partial charge is 0.368 e. The number of carbonyl (C=O) groups is 2. The fraction of sp³-hybridized carbons (Fsp3) is 0.182. The average Bonchev–Trinajstić information content (AvgIpc) is 3.15. The van der Waals surface area contributed by atoms with Crippen LogP contribution in [0.15, 0.2) is 67.3 Å². The van der Waals surface area contributed by atoms with Gasteiger partial charge in [-0.15, -0.1) is 0 Å². The second-order valence-electron chi connectivity index (χ2n) is 6.94. The van der Waals surface area contributed by atoms with E-state index in [1.807, 2.05) is 18.2 Å². The van der Waals surface area contributed by atoms with Crippen molar-refractivity contribution in [3.63, 3.8) is 0 Å². The Labute approximate surface area is 173 Å². The lowest BCUT2D eigenvalue weighted by Gasteiger charge is -2.35. The number of pyridine rings is 2. The number of nitrogens with zero attached hydrogens (tertiary/aromatic N) is 3. The first-order chi connectivity index (χ1) is 14.1. The van der Waals surface area contributed by atoms with Gasteiger partial charge in [-0.25, -0.2) is 0 Å². The number of hydrogen-bond donors (Lipinski definition) is 1. The van der Waals surface area contributed by atoms with Crippen LogP contribution in [-0.2, 0) is 11.2 Å². The Morgan fingerprint density at radius 3 is 2.52 bits per heavy atom. The number of aromatic nitrogens is 2. The molecule has 7 heteroatoms. The van der Waals surface area contributed by atoms with Gasteiger partial charge in [0.15, 0.2) is 0 Å². The Kier molecular flexibility index (Phi) is 5.27. The first-order valence-electron chi connectivity index (χ1n) is 9.26. The highest BCUT2D eigenvalue weighted by atomic mass is 35.5. The fourth-order valence-corrected chi connectivity index (χ4v) is 4.10. The van der Waals surface area contributed by atoms with Crippen molar-refractivity contribution in [3.05, 3.63) is 94.5 Å². The van der Waals surface area contributed by atoms with E-state index in [9.17, 15) is 9.59 Å². The van der Waals surface area contributed by atoms with Crippen molar-refractivity contribution >= 4 is 23.4 Å². The van der Waals surface area contributed by atoms with Crippen LogP contribution in [0.3, 0.4) is 0 Å². The molecule has 0 bridgehead atoms. The highest BCUT2D eigenvalue weighted by Crippen LogP contribution is 2.41. The molecule has 0 spiro atoms. The zero-order valence-electron chi connectivity index (χ0n) is 15.5. The molecule has 29 heavy (non-hydrogen) atoms. The lowest BCUT2D eigenvalue weighted by atomic mass is 9.99. The second kappa shape index (κ2) is 8.01. The Morgan fingerprint density at radius 2 is 1.86 bits per heavy atom. The molecule has 1 aliphatic rings. The SMILES string of the molecule is NC(=O)[C@@H](c1cccnc1)N(C(=O)c1cccnc1)[C@@H]1CCc2ccc(Cl)cc21. The van der Waals surface area contributed by atoms with Gasteiger partial charge >= 0.3 is 0 Å². The summed E-state index contributed by atoms with van der Waals surface area (Å²) in [5.41, 5.74) is 8.79. The maximum atomic E-state index is 13.6. The van der Waals surface area contributed by atoms with Crippen LogP contribution in [0.4, 0.5) is 0 Å². The minimum absolute atomic E-state index is 0.316. The van der Waals surface area contributed by atoms with Gasteiger partial charge in [-0.1, -0.05) is 23.7 Å². The minimum atomic E-state index is -0.966. The first-order valence-corrected chi connectivity index (χ1v) is 9.64. The molecule has 2 heterocycles. The molecule has 4 rings (SSSR count). The van der Waals surface area contributed by atoms with E-state index < -0.39 is 11.9 Å². The lowest BCUT2D eigenvalue weighted by molar-refractivity contribution is -0.123. The van der Waals surface area contributed by atoms with Crippen LogP contribution >= 0.6 is 11.6 Å². The summed E-state index contributed by atoms with van der Waals surface area (Å²) >= 11 is 6.23. The number of carbonyl (C=O) groups excluding carboxylic acids is 2. The van der Waals surface area contributed by atoms with Gasteiger partial charge in [0.05, 0.1) is 11.6 Å². The molecule has 146 valence electrons. The zero-order chi connectivity index (χ0) is 20.4. The maximum Gasteiger partial charge on any atom is 0.256 e. The summed E-state index contributed by atoms with van der Waals surface area (Å²) in [6.45, 7) is 0. The van der Waals surface area contributed by atoms with E-state index in [-0.39, 0.29) is 11.9 Å². The van der Waals surface area contributed by atoms with Crippen LogP contribution < -0.4 is 5.73 Å². The first kappa shape index (κ1) is 19.1. The van der Waals surface area contributed by atoms with Crippen LogP contribution in [0.2, 0.25) is 5.02 Å². The molecule has 0 saturated heterocycles. The van der Waals surface area contributed by atoms with Gasteiger partial charge in [0.2, 0.25) is 5.91 Å². The normalized spacial score (nSPS) is 16.1. The topological polar surface area (TPSA) is 89.2 Å². The van der Waals surface area contributed by atoms with Gasteiger partial charge in [-0.05, 0) is 54.3 Å². The van der Waals surface area contributed by atoms with Crippen LogP contribution in [0.5, 0.6) is 0 Å². The molecule has 1 aromatic carbocycles. The quantitative estimate of drug-likeness (QED) is 0.702. The molecule has 6 nitrogen and oxygen atoms in total. The van der Waals surface area contributed by atoms with Gasteiger partial charge in [0.25, 0.3) is 5.91 Å². The molecular weight excluding hydrogens is 388 g/mol. The summed E-state index contributed by atoms with van der Waals surface area (Å²) in [7, 11) is 0. The van der Waals surface area contributed by atoms with Gasteiger partial charge in [0.1, 0.15) is 6.04 Å². The molecule has 2 amide bonds. The molecule has 0 unspecified atom stereocenters. The van der Waals surface area contributed by atoms with E-state index in [0.29, 0.717) is 22.6 Å². The van der Waals surface area contributed by atoms with Crippen molar-refractivity contribution in [2.75, 3.05) is 0 Å². The van der Waals surface area contributed by atoms with E-state index in [0.717, 1.165) is 17.5 Å². The van der Waals surface area contributed by atoms with Crippen LogP contribution in [-0.4, -0.2) is 26.7 Å². The van der Waals surface area contributed by atoms with Crippen molar-refractivity contribution in [1.29, 1.82) is 0 Å². The zero-order valence-corrected chi connectivity index (χ0v) is 16.3. The number of amides is 2. The summed E-state index contributed by atoms with van der Waals surface area (Å²) in [6, 6.07) is 11.2. The minimum Gasteiger partial charge on any atom is -0.368 e. The molecule has 0 radical (unpaired) electrons. The maximum absolute atomic E-state index is 13.6. The monoisotopic (exact) mass is 406 g/mol. The van der Waals surface area contributed by atoms with E-state index in [2.05, 4.69) is 9.97 Å². The third-order valence-corrected chi connectivity index (χ3v) is 5.42. The predicted octanol–water partition coefficient (Wildman–Crippen LogP) is 3.49. The highest BCUT2D eigenvalue weighted by Gasteiger charge is 2.39. The Morgan fingerprint density at radius 1 is 1.10 bits per heavy atom. The lowest BCUT2D eigenvalue weighted by Crippen LogP contribution is -2.43. The fourth-order valence-electron chi connectivity index (χ4n) is 3.92. The van der Waals surface area contributed by atoms with Crippen molar-refractivity contribution in [3.8, 4) is 0 Å². The molecule has 0 aliphatic heterocycles. The third kappa shape index (κ3) is 3.71. The van der Waals surface area contributed by atoms with E-state index in [1.165, 1.54) is 6.20 Å². The summed E-state index contributed by atoms with van der Waals surface area (Å²) in [5.74, 6) is -0.936. The number of benzene rings is 1. The number of aryl methyl sites for hydroxylation is 1. The highest BCUT2D eigenvalue weighted by molar-refractivity contribution is 6.30. The van der Waals surface area contributed by atoms with E-state index in [4.69, 9.17) is 17.3 Å². The molecule has 1 aliphatic carbocycles. The summed E-state index contributed by atoms with van der Waals surface area (Å²) in [4.78, 5) is 35.9. The second-order valence-corrected chi connectivity index (χ2v) is 7.38. The average molecular weight is 407 g/mol. The van der Waals surface area contributed by atoms with Gasteiger partial charge in [-0.3, -0.25) is 19.6 Å². The van der Waals surface area contributed by atoms with E-state index in [1.54, 1.807) is 47.8 Å². The Bertz CT molecular complexity index is 1040. The number of fused-ring (bicyclic) bond motifs is 1. The van der Waals surface area contributed by atoms with Gasteiger partial charge in [0, 0.05) is 35.4 Å². The van der Waals surface area contributed by atoms with Crippen LogP contribution in [0.1, 0.15) is 45.6 Å². The van der Waals surface area contributed by atoms with Crippen LogP contribution in [0, 0.1) is 0 Å². The number of halogens is 1. The van der Waals surface area contributed by atoms with E-state index >= 15 is 0 Å². The molecule has 2 N–H and O–H groups in total. The molecular formula is C22H19ClN4O2.